The van der Waals surface area contributed by atoms with E-state index in [1.807, 2.05) is 6.07 Å². The number of aromatic amines is 1. The van der Waals surface area contributed by atoms with Gasteiger partial charge in [-0.2, -0.15) is 0 Å². The number of hydrogen-bond donors (Lipinski definition) is 2. The zero-order valence-corrected chi connectivity index (χ0v) is 11.3. The van der Waals surface area contributed by atoms with E-state index in [2.05, 4.69) is 47.9 Å². The molecule has 1 aromatic heterocycles. The second-order valence-electron chi connectivity index (χ2n) is 5.40. The number of benzene rings is 1. The molecule has 0 atom stereocenters. The summed E-state index contributed by atoms with van der Waals surface area (Å²) in [7, 11) is 2.09. The van der Waals surface area contributed by atoms with Gasteiger partial charge in [-0.05, 0) is 45.0 Å². The average molecular weight is 247 g/mol. The molecule has 18 heavy (non-hydrogen) atoms. The Kier molecular flexibility index (Phi) is 3.68. The van der Waals surface area contributed by atoms with E-state index < -0.39 is 0 Å². The summed E-state index contributed by atoms with van der Waals surface area (Å²) in [5.41, 5.74) is 3.31. The summed E-state index contributed by atoms with van der Waals surface area (Å²) in [5, 5.41) is 9.09. The number of fused-ring (bicyclic) bond motifs is 1. The van der Waals surface area contributed by atoms with Crippen molar-refractivity contribution in [1.29, 1.82) is 0 Å². The van der Waals surface area contributed by atoms with Crippen molar-refractivity contribution in [3.05, 3.63) is 30.1 Å². The maximum absolute atomic E-state index is 9.09. The summed E-state index contributed by atoms with van der Waals surface area (Å²) in [6, 6.07) is 6.27. The van der Waals surface area contributed by atoms with E-state index in [1.54, 1.807) is 6.33 Å². The molecule has 0 fully saturated rings. The van der Waals surface area contributed by atoms with E-state index in [0.717, 1.165) is 24.0 Å². The third-order valence-electron chi connectivity index (χ3n) is 3.66. The predicted molar refractivity (Wildman–Crippen MR) is 73.3 cm³/mol. The second-order valence-corrected chi connectivity index (χ2v) is 5.40. The molecule has 2 aromatic rings. The van der Waals surface area contributed by atoms with Crippen LogP contribution in [0.1, 0.15) is 25.8 Å². The van der Waals surface area contributed by atoms with Gasteiger partial charge < -0.3 is 10.1 Å². The standard InChI is InChI=1S/C14H21N3O/c1-14(2,6-7-18)17(3)9-11-4-5-12-13(8-11)16-10-15-12/h4-5,8,10,18H,6-7,9H2,1-3H3,(H,15,16). The lowest BCUT2D eigenvalue weighted by Crippen LogP contribution is -2.41. The lowest BCUT2D eigenvalue weighted by molar-refractivity contribution is 0.110. The van der Waals surface area contributed by atoms with Crippen molar-refractivity contribution in [2.24, 2.45) is 0 Å². The summed E-state index contributed by atoms with van der Waals surface area (Å²) in [6.45, 7) is 5.38. The summed E-state index contributed by atoms with van der Waals surface area (Å²) in [5.74, 6) is 0. The predicted octanol–water partition coefficient (Wildman–Crippen LogP) is 2.16. The Hall–Kier alpha value is -1.39. The van der Waals surface area contributed by atoms with Crippen LogP contribution in [0.3, 0.4) is 0 Å². The molecule has 0 spiro atoms. The minimum atomic E-state index is -0.00229. The lowest BCUT2D eigenvalue weighted by atomic mass is 9.98. The molecule has 2 N–H and O–H groups in total. The van der Waals surface area contributed by atoms with E-state index in [9.17, 15) is 0 Å². The van der Waals surface area contributed by atoms with E-state index in [4.69, 9.17) is 5.11 Å². The molecule has 0 bridgehead atoms. The summed E-state index contributed by atoms with van der Waals surface area (Å²) in [4.78, 5) is 9.61. The number of imidazole rings is 1. The molecule has 0 unspecified atom stereocenters. The first-order valence-electron chi connectivity index (χ1n) is 6.27. The number of nitrogens with zero attached hydrogens (tertiary/aromatic N) is 2. The van der Waals surface area contributed by atoms with Crippen LogP contribution in [0.4, 0.5) is 0 Å². The van der Waals surface area contributed by atoms with E-state index in [0.29, 0.717) is 0 Å². The fourth-order valence-electron chi connectivity index (χ4n) is 2.03. The number of aliphatic hydroxyl groups excluding tert-OH is 1. The molecule has 0 amide bonds. The van der Waals surface area contributed by atoms with Crippen molar-refractivity contribution in [1.82, 2.24) is 14.9 Å². The lowest BCUT2D eigenvalue weighted by Gasteiger charge is -2.35. The summed E-state index contributed by atoms with van der Waals surface area (Å²) < 4.78 is 0. The van der Waals surface area contributed by atoms with Gasteiger partial charge in [0.2, 0.25) is 0 Å². The minimum absolute atomic E-state index is 0.00229. The van der Waals surface area contributed by atoms with Gasteiger partial charge in [-0.25, -0.2) is 4.98 Å². The highest BCUT2D eigenvalue weighted by Gasteiger charge is 2.22. The molecule has 2 rings (SSSR count). The average Bonchev–Trinajstić information content (AvgIpc) is 2.76. The molecule has 0 aliphatic rings. The zero-order valence-electron chi connectivity index (χ0n) is 11.3. The summed E-state index contributed by atoms with van der Waals surface area (Å²) in [6.07, 6.45) is 2.49. The number of hydrogen-bond acceptors (Lipinski definition) is 3. The highest BCUT2D eigenvalue weighted by Crippen LogP contribution is 2.20. The van der Waals surface area contributed by atoms with Crippen molar-refractivity contribution in [3.63, 3.8) is 0 Å². The van der Waals surface area contributed by atoms with Gasteiger partial charge in [-0.1, -0.05) is 6.07 Å². The maximum Gasteiger partial charge on any atom is 0.0931 e. The van der Waals surface area contributed by atoms with Gasteiger partial charge in [0.05, 0.1) is 17.4 Å². The van der Waals surface area contributed by atoms with E-state index >= 15 is 0 Å². The van der Waals surface area contributed by atoms with Crippen LogP contribution in [-0.2, 0) is 6.54 Å². The van der Waals surface area contributed by atoms with Gasteiger partial charge in [0.25, 0.3) is 0 Å². The zero-order chi connectivity index (χ0) is 13.2. The van der Waals surface area contributed by atoms with Gasteiger partial charge >= 0.3 is 0 Å². The van der Waals surface area contributed by atoms with Crippen LogP contribution in [0, 0.1) is 0 Å². The quantitative estimate of drug-likeness (QED) is 0.851. The molecule has 98 valence electrons. The molecule has 0 saturated heterocycles. The number of rotatable bonds is 5. The Balaban J connectivity index is 2.12. The van der Waals surface area contributed by atoms with Crippen molar-refractivity contribution in [2.45, 2.75) is 32.4 Å². The first kappa shape index (κ1) is 13.1. The molecule has 1 aromatic carbocycles. The number of aromatic nitrogens is 2. The van der Waals surface area contributed by atoms with Crippen LogP contribution in [0.25, 0.3) is 11.0 Å². The van der Waals surface area contributed by atoms with E-state index in [1.165, 1.54) is 5.56 Å². The first-order chi connectivity index (χ1) is 8.53. The molecule has 4 heteroatoms. The molecular weight excluding hydrogens is 226 g/mol. The molecule has 0 aliphatic carbocycles. The van der Waals surface area contributed by atoms with Gasteiger partial charge in [-0.15, -0.1) is 0 Å². The van der Waals surface area contributed by atoms with Gasteiger partial charge in [0.1, 0.15) is 0 Å². The highest BCUT2D eigenvalue weighted by molar-refractivity contribution is 5.74. The van der Waals surface area contributed by atoms with Crippen LogP contribution in [0.5, 0.6) is 0 Å². The Morgan fingerprint density at radius 2 is 2.17 bits per heavy atom. The van der Waals surface area contributed by atoms with Crippen LogP contribution in [0.2, 0.25) is 0 Å². The Morgan fingerprint density at radius 3 is 2.89 bits per heavy atom. The third-order valence-corrected chi connectivity index (χ3v) is 3.66. The van der Waals surface area contributed by atoms with Crippen LogP contribution >= 0.6 is 0 Å². The molecule has 0 saturated carbocycles. The maximum atomic E-state index is 9.09. The largest absolute Gasteiger partial charge is 0.396 e. The smallest absolute Gasteiger partial charge is 0.0931 e. The molecular formula is C14H21N3O. The second kappa shape index (κ2) is 5.08. The topological polar surface area (TPSA) is 52.2 Å². The molecule has 1 heterocycles. The fraction of sp³-hybridized carbons (Fsp3) is 0.500. The monoisotopic (exact) mass is 247 g/mol. The van der Waals surface area contributed by atoms with Crippen molar-refractivity contribution < 1.29 is 5.11 Å². The van der Waals surface area contributed by atoms with Crippen LogP contribution in [-0.4, -0.2) is 39.2 Å². The van der Waals surface area contributed by atoms with Gasteiger partial charge in [-0.3, -0.25) is 4.90 Å². The SMILES string of the molecule is CN(Cc1ccc2nc[nH]c2c1)C(C)(C)CCO. The van der Waals surface area contributed by atoms with Crippen molar-refractivity contribution in [3.8, 4) is 0 Å². The molecule has 0 aliphatic heterocycles. The highest BCUT2D eigenvalue weighted by atomic mass is 16.3. The molecule has 0 radical (unpaired) electrons. The van der Waals surface area contributed by atoms with Crippen molar-refractivity contribution in [2.75, 3.05) is 13.7 Å². The number of H-pyrrole nitrogens is 1. The van der Waals surface area contributed by atoms with Gasteiger partial charge in [0, 0.05) is 18.7 Å². The minimum Gasteiger partial charge on any atom is -0.396 e. The normalized spacial score (nSPS) is 12.5. The Morgan fingerprint density at radius 1 is 1.39 bits per heavy atom. The van der Waals surface area contributed by atoms with Crippen LogP contribution < -0.4 is 0 Å². The Labute approximate surface area is 108 Å². The number of aliphatic hydroxyl groups is 1. The van der Waals surface area contributed by atoms with E-state index in [-0.39, 0.29) is 12.1 Å². The van der Waals surface area contributed by atoms with Crippen molar-refractivity contribution >= 4 is 11.0 Å². The Bertz CT molecular complexity index is 518. The first-order valence-corrected chi connectivity index (χ1v) is 6.27. The fourth-order valence-corrected chi connectivity index (χ4v) is 2.03. The number of nitrogens with one attached hydrogen (secondary N) is 1. The van der Waals surface area contributed by atoms with Crippen LogP contribution in [0.15, 0.2) is 24.5 Å². The van der Waals surface area contributed by atoms with Gasteiger partial charge in [0.15, 0.2) is 0 Å². The molecule has 4 nitrogen and oxygen atoms in total. The third kappa shape index (κ3) is 2.71. The summed E-state index contributed by atoms with van der Waals surface area (Å²) >= 11 is 0.